The first-order chi connectivity index (χ1) is 11.7. The van der Waals surface area contributed by atoms with Gasteiger partial charge in [-0.1, -0.05) is 19.3 Å². The molecular weight excluding hydrogens is 354 g/mol. The molecule has 0 aromatic carbocycles. The Morgan fingerprint density at radius 3 is 2.64 bits per heavy atom. The lowest BCUT2D eigenvalue weighted by Gasteiger charge is -2.35. The Labute approximate surface area is 161 Å². The number of fused-ring (bicyclic) bond motifs is 1. The minimum absolute atomic E-state index is 0. The van der Waals surface area contributed by atoms with Crippen LogP contribution in [0.3, 0.4) is 0 Å². The molecule has 0 atom stereocenters. The largest absolute Gasteiger partial charge is 0.356 e. The van der Waals surface area contributed by atoms with Crippen LogP contribution < -0.4 is 11.1 Å². The second kappa shape index (κ2) is 9.89. The van der Waals surface area contributed by atoms with E-state index in [1.54, 1.807) is 0 Å². The van der Waals surface area contributed by atoms with Gasteiger partial charge < -0.3 is 11.1 Å². The first-order valence-corrected chi connectivity index (χ1v) is 10.5. The molecule has 1 aromatic rings. The van der Waals surface area contributed by atoms with Crippen molar-refractivity contribution in [3.05, 3.63) is 15.6 Å². The summed E-state index contributed by atoms with van der Waals surface area (Å²) in [6.45, 7) is 1.40. The second-order valence-corrected chi connectivity index (χ2v) is 8.75. The average Bonchev–Trinajstić information content (AvgIpc) is 3.02. The van der Waals surface area contributed by atoms with Crippen molar-refractivity contribution < 1.29 is 4.79 Å². The maximum absolute atomic E-state index is 12.3. The van der Waals surface area contributed by atoms with Crippen LogP contribution in [-0.4, -0.2) is 24.0 Å². The number of halogens is 1. The number of nitrogens with one attached hydrogen (secondary N) is 1. The van der Waals surface area contributed by atoms with Gasteiger partial charge in [0.15, 0.2) is 0 Å². The Bertz CT molecular complexity index is 531. The van der Waals surface area contributed by atoms with Gasteiger partial charge in [-0.2, -0.15) is 0 Å². The number of amides is 1. The predicted molar refractivity (Wildman–Crippen MR) is 107 cm³/mol. The van der Waals surface area contributed by atoms with Gasteiger partial charge in [0.2, 0.25) is 5.91 Å². The van der Waals surface area contributed by atoms with Crippen molar-refractivity contribution >= 4 is 29.7 Å². The van der Waals surface area contributed by atoms with Crippen LogP contribution in [0.4, 0.5) is 0 Å². The monoisotopic (exact) mass is 385 g/mol. The molecule has 1 aromatic heterocycles. The van der Waals surface area contributed by atoms with Gasteiger partial charge >= 0.3 is 0 Å². The number of thiazole rings is 1. The van der Waals surface area contributed by atoms with Crippen LogP contribution in [0.2, 0.25) is 0 Å². The quantitative estimate of drug-likeness (QED) is 0.701. The smallest absolute Gasteiger partial charge is 0.220 e. The molecule has 6 heteroatoms. The predicted octanol–water partition coefficient (Wildman–Crippen LogP) is 3.79. The fraction of sp³-hybridized carbons (Fsp3) is 0.789. The van der Waals surface area contributed by atoms with E-state index in [1.807, 2.05) is 11.3 Å². The van der Waals surface area contributed by atoms with Gasteiger partial charge in [-0.15, -0.1) is 23.7 Å². The first-order valence-electron chi connectivity index (χ1n) is 9.65. The highest BCUT2D eigenvalue weighted by molar-refractivity contribution is 7.11. The van der Waals surface area contributed by atoms with Crippen molar-refractivity contribution in [3.8, 4) is 0 Å². The standard InChI is InChI=1S/C19H31N3OS.ClH/c20-14-19(10-4-1-5-11-19)13-17(23)21-12-6-9-18-22-15-7-2-3-8-16(15)24-18;/h1-14,20H2,(H,21,23);1H. The molecule has 1 fully saturated rings. The average molecular weight is 386 g/mol. The van der Waals surface area contributed by atoms with Crippen molar-refractivity contribution in [2.75, 3.05) is 13.1 Å². The molecule has 1 saturated carbocycles. The van der Waals surface area contributed by atoms with Gasteiger partial charge in [0.05, 0.1) is 10.7 Å². The van der Waals surface area contributed by atoms with Gasteiger partial charge in [0.1, 0.15) is 0 Å². The first kappa shape index (κ1) is 20.7. The third-order valence-corrected chi connectivity index (χ3v) is 6.88. The molecule has 3 rings (SSSR count). The Kier molecular flexibility index (Phi) is 8.17. The number of nitrogens with zero attached hydrogens (tertiary/aromatic N) is 1. The number of carbonyl (C=O) groups is 1. The second-order valence-electron chi connectivity index (χ2n) is 7.58. The van der Waals surface area contributed by atoms with Gasteiger partial charge in [0, 0.05) is 24.3 Å². The summed E-state index contributed by atoms with van der Waals surface area (Å²) in [5.41, 5.74) is 7.38. The number of carbonyl (C=O) groups excluding carboxylic acids is 1. The fourth-order valence-electron chi connectivity index (χ4n) is 4.14. The van der Waals surface area contributed by atoms with Crippen LogP contribution in [0.25, 0.3) is 0 Å². The summed E-state index contributed by atoms with van der Waals surface area (Å²) in [4.78, 5) is 18.5. The van der Waals surface area contributed by atoms with Crippen LogP contribution >= 0.6 is 23.7 Å². The van der Waals surface area contributed by atoms with E-state index in [9.17, 15) is 4.79 Å². The van der Waals surface area contributed by atoms with E-state index in [2.05, 4.69) is 5.32 Å². The lowest BCUT2D eigenvalue weighted by molar-refractivity contribution is -0.123. The molecule has 3 N–H and O–H groups in total. The molecule has 0 aliphatic heterocycles. The lowest BCUT2D eigenvalue weighted by atomic mass is 9.71. The van der Waals surface area contributed by atoms with Crippen molar-refractivity contribution in [2.24, 2.45) is 11.1 Å². The van der Waals surface area contributed by atoms with E-state index in [-0.39, 0.29) is 23.7 Å². The van der Waals surface area contributed by atoms with Crippen LogP contribution in [0.1, 0.15) is 73.4 Å². The van der Waals surface area contributed by atoms with Gasteiger partial charge in [-0.3, -0.25) is 4.79 Å². The molecule has 2 aliphatic rings. The van der Waals surface area contributed by atoms with Crippen LogP contribution in [-0.2, 0) is 24.1 Å². The summed E-state index contributed by atoms with van der Waals surface area (Å²) in [5, 5.41) is 4.36. The molecule has 0 spiro atoms. The number of hydrogen-bond acceptors (Lipinski definition) is 4. The van der Waals surface area contributed by atoms with Crippen molar-refractivity contribution in [2.45, 2.75) is 77.0 Å². The molecule has 0 radical (unpaired) electrons. The molecule has 0 saturated heterocycles. The zero-order valence-electron chi connectivity index (χ0n) is 15.1. The molecule has 0 bridgehead atoms. The van der Waals surface area contributed by atoms with E-state index >= 15 is 0 Å². The summed E-state index contributed by atoms with van der Waals surface area (Å²) in [6.07, 6.45) is 13.5. The van der Waals surface area contributed by atoms with E-state index in [1.165, 1.54) is 54.1 Å². The zero-order chi connectivity index (χ0) is 16.8. The molecule has 25 heavy (non-hydrogen) atoms. The van der Waals surface area contributed by atoms with Crippen LogP contribution in [0.5, 0.6) is 0 Å². The molecule has 1 heterocycles. The normalized spacial score (nSPS) is 18.9. The third-order valence-electron chi connectivity index (χ3n) is 5.66. The van der Waals surface area contributed by atoms with Gasteiger partial charge in [0.25, 0.3) is 0 Å². The van der Waals surface area contributed by atoms with E-state index < -0.39 is 0 Å². The Hall–Kier alpha value is -0.650. The van der Waals surface area contributed by atoms with Crippen LogP contribution in [0.15, 0.2) is 0 Å². The number of aromatic nitrogens is 1. The molecule has 4 nitrogen and oxygen atoms in total. The van der Waals surface area contributed by atoms with Crippen LogP contribution in [0, 0.1) is 5.41 Å². The minimum Gasteiger partial charge on any atom is -0.356 e. The molecule has 0 unspecified atom stereocenters. The maximum Gasteiger partial charge on any atom is 0.220 e. The van der Waals surface area contributed by atoms with Gasteiger partial charge in [-0.05, 0) is 56.9 Å². The number of rotatable bonds is 7. The summed E-state index contributed by atoms with van der Waals surface area (Å²) in [6, 6.07) is 0. The SMILES string of the molecule is Cl.NCC1(CC(=O)NCCCc2nc3c(s2)CCCC3)CCCCC1. The molecule has 2 aliphatic carbocycles. The van der Waals surface area contributed by atoms with E-state index in [4.69, 9.17) is 10.7 Å². The van der Waals surface area contributed by atoms with E-state index in [0.29, 0.717) is 13.0 Å². The summed E-state index contributed by atoms with van der Waals surface area (Å²) < 4.78 is 0. The Balaban J connectivity index is 0.00000225. The van der Waals surface area contributed by atoms with Crippen molar-refractivity contribution in [1.82, 2.24) is 10.3 Å². The van der Waals surface area contributed by atoms with E-state index in [0.717, 1.165) is 38.6 Å². The fourth-order valence-corrected chi connectivity index (χ4v) is 5.34. The highest BCUT2D eigenvalue weighted by Crippen LogP contribution is 2.38. The van der Waals surface area contributed by atoms with Gasteiger partial charge in [-0.25, -0.2) is 4.98 Å². The highest BCUT2D eigenvalue weighted by atomic mass is 35.5. The number of hydrogen-bond donors (Lipinski definition) is 2. The number of aryl methyl sites for hydroxylation is 3. The lowest BCUT2D eigenvalue weighted by Crippen LogP contribution is -2.38. The molecule has 1 amide bonds. The summed E-state index contributed by atoms with van der Waals surface area (Å²) in [7, 11) is 0. The van der Waals surface area contributed by atoms with Crippen molar-refractivity contribution in [3.63, 3.8) is 0 Å². The summed E-state index contributed by atoms with van der Waals surface area (Å²) >= 11 is 1.89. The van der Waals surface area contributed by atoms with Crippen molar-refractivity contribution in [1.29, 1.82) is 0 Å². The maximum atomic E-state index is 12.3. The zero-order valence-corrected chi connectivity index (χ0v) is 16.8. The Morgan fingerprint density at radius 2 is 1.92 bits per heavy atom. The highest BCUT2D eigenvalue weighted by Gasteiger charge is 2.32. The third kappa shape index (κ3) is 5.66. The topological polar surface area (TPSA) is 68.0 Å². The number of nitrogens with two attached hydrogens (primary N) is 1. The molecular formula is C19H32ClN3OS. The minimum atomic E-state index is 0. The summed E-state index contributed by atoms with van der Waals surface area (Å²) in [5.74, 6) is 0.181. The molecule has 142 valence electrons. The Morgan fingerprint density at radius 1 is 1.16 bits per heavy atom.